The van der Waals surface area contributed by atoms with Crippen molar-refractivity contribution < 1.29 is 19.1 Å². The second-order valence-corrected chi connectivity index (χ2v) is 6.49. The Morgan fingerprint density at radius 2 is 2.15 bits per heavy atom. The Bertz CT molecular complexity index is 902. The van der Waals surface area contributed by atoms with Crippen LogP contribution in [0, 0.1) is 16.7 Å². The molecule has 2 N–H and O–H groups in total. The summed E-state index contributed by atoms with van der Waals surface area (Å²) in [6.45, 7) is 1.38. The Morgan fingerprint density at radius 1 is 1.41 bits per heavy atom. The van der Waals surface area contributed by atoms with Crippen LogP contribution in [0.15, 0.2) is 48.5 Å². The molecule has 0 radical (unpaired) electrons. The molecule has 1 aromatic heterocycles. The molecule has 1 amide bonds. The number of methoxy groups -OCH3 is 1. The molecule has 27 heavy (non-hydrogen) atoms. The van der Waals surface area contributed by atoms with E-state index in [2.05, 4.69) is 11.1 Å². The molecule has 1 aromatic rings. The number of hydrogen-bond donors (Lipinski definition) is 1. The monoisotopic (exact) mass is 366 g/mol. The number of nitrogens with two attached hydrogens (primary N) is 1. The zero-order chi connectivity index (χ0) is 19.8. The Hall–Kier alpha value is -3.47. The number of carbonyl (C=O) groups is 3. The van der Waals surface area contributed by atoms with Crippen molar-refractivity contribution in [2.75, 3.05) is 7.11 Å². The average molecular weight is 366 g/mol. The van der Waals surface area contributed by atoms with Crippen molar-refractivity contribution in [3.05, 3.63) is 54.0 Å². The maximum atomic E-state index is 12.8. The third-order valence-corrected chi connectivity index (χ3v) is 5.11. The molecule has 1 fully saturated rings. The summed E-state index contributed by atoms with van der Waals surface area (Å²) in [5.41, 5.74) is 4.41. The third kappa shape index (κ3) is 2.59. The van der Waals surface area contributed by atoms with E-state index in [4.69, 9.17) is 10.5 Å². The summed E-state index contributed by atoms with van der Waals surface area (Å²) in [5.74, 6) is -2.51. The second-order valence-electron chi connectivity index (χ2n) is 6.49. The summed E-state index contributed by atoms with van der Waals surface area (Å²) in [4.78, 5) is 42.7. The zero-order valence-electron chi connectivity index (χ0n) is 14.8. The van der Waals surface area contributed by atoms with Crippen LogP contribution in [0.3, 0.4) is 0 Å². The number of pyridine rings is 1. The molecule has 4 atom stereocenters. The Balaban J connectivity index is 2.29. The molecule has 3 heterocycles. The minimum Gasteiger partial charge on any atom is -0.468 e. The van der Waals surface area contributed by atoms with E-state index in [1.807, 2.05) is 0 Å². The predicted octanol–water partition coefficient (Wildman–Crippen LogP) is 0.429. The van der Waals surface area contributed by atoms with Crippen LogP contribution in [0.4, 0.5) is 0 Å². The molecule has 0 unspecified atom stereocenters. The first kappa shape index (κ1) is 18.3. The number of ketones is 1. The number of hydrogen-bond acceptors (Lipinski definition) is 7. The van der Waals surface area contributed by atoms with Crippen LogP contribution in [0.25, 0.3) is 0 Å². The number of carbonyl (C=O) groups excluding carboxylic acids is 3. The van der Waals surface area contributed by atoms with Crippen molar-refractivity contribution in [2.24, 2.45) is 11.1 Å². The van der Waals surface area contributed by atoms with Crippen LogP contribution in [-0.4, -0.2) is 46.7 Å². The fourth-order valence-corrected chi connectivity index (χ4v) is 4.02. The van der Waals surface area contributed by atoms with Gasteiger partial charge in [-0.2, -0.15) is 5.26 Å². The SMILES string of the molecule is COC(=O)[C@]1(C#N)[C@H](c2cccnc2)[C@H](C(C)=O)N2C=C(C(N)=O)C=C[C@@H]21. The topological polar surface area (TPSA) is 126 Å². The Kier molecular flexibility index (Phi) is 4.54. The maximum Gasteiger partial charge on any atom is 0.329 e. The molecular weight excluding hydrogens is 348 g/mol. The van der Waals surface area contributed by atoms with Crippen LogP contribution in [0.1, 0.15) is 18.4 Å². The number of primary amides is 1. The van der Waals surface area contributed by atoms with Crippen LogP contribution in [0.5, 0.6) is 0 Å². The third-order valence-electron chi connectivity index (χ3n) is 5.11. The summed E-state index contributed by atoms with van der Waals surface area (Å²) >= 11 is 0. The van der Waals surface area contributed by atoms with E-state index >= 15 is 0 Å². The van der Waals surface area contributed by atoms with Gasteiger partial charge in [0.1, 0.15) is 0 Å². The van der Waals surface area contributed by atoms with Gasteiger partial charge in [0.15, 0.2) is 11.2 Å². The largest absolute Gasteiger partial charge is 0.468 e. The van der Waals surface area contributed by atoms with Gasteiger partial charge in [0.05, 0.1) is 30.8 Å². The number of ether oxygens (including phenoxy) is 1. The summed E-state index contributed by atoms with van der Waals surface area (Å²) in [7, 11) is 1.20. The van der Waals surface area contributed by atoms with E-state index in [9.17, 15) is 19.6 Å². The van der Waals surface area contributed by atoms with Crippen molar-refractivity contribution in [2.45, 2.75) is 24.9 Å². The fourth-order valence-electron chi connectivity index (χ4n) is 4.02. The lowest BCUT2D eigenvalue weighted by atomic mass is 9.68. The van der Waals surface area contributed by atoms with Gasteiger partial charge in [-0.05, 0) is 24.6 Å². The first-order valence-corrected chi connectivity index (χ1v) is 8.25. The average Bonchev–Trinajstić information content (AvgIpc) is 2.98. The molecule has 0 bridgehead atoms. The number of amides is 1. The molecule has 0 aliphatic carbocycles. The number of fused-ring (bicyclic) bond motifs is 1. The van der Waals surface area contributed by atoms with Gasteiger partial charge < -0.3 is 15.4 Å². The van der Waals surface area contributed by atoms with Crippen molar-refractivity contribution in [3.8, 4) is 6.07 Å². The maximum absolute atomic E-state index is 12.8. The summed E-state index contributed by atoms with van der Waals surface area (Å²) in [6.07, 6.45) is 7.53. The van der Waals surface area contributed by atoms with E-state index in [1.54, 1.807) is 29.3 Å². The molecule has 0 saturated carbocycles. The predicted molar refractivity (Wildman–Crippen MR) is 93.6 cm³/mol. The van der Waals surface area contributed by atoms with Crippen molar-refractivity contribution in [3.63, 3.8) is 0 Å². The Labute approximate surface area is 155 Å². The number of aromatic nitrogens is 1. The smallest absolute Gasteiger partial charge is 0.329 e. The number of nitrogens with zero attached hydrogens (tertiary/aromatic N) is 3. The fraction of sp³-hybridized carbons (Fsp3) is 0.316. The molecule has 0 aromatic carbocycles. The highest BCUT2D eigenvalue weighted by atomic mass is 16.5. The zero-order valence-corrected chi connectivity index (χ0v) is 14.8. The van der Waals surface area contributed by atoms with Gasteiger partial charge in [-0.25, -0.2) is 0 Å². The number of rotatable bonds is 4. The van der Waals surface area contributed by atoms with Crippen molar-refractivity contribution in [1.82, 2.24) is 9.88 Å². The summed E-state index contributed by atoms with van der Waals surface area (Å²) in [6, 6.07) is 3.84. The highest BCUT2D eigenvalue weighted by Gasteiger charge is 2.66. The van der Waals surface area contributed by atoms with Gasteiger partial charge in [0, 0.05) is 24.5 Å². The molecule has 0 spiro atoms. The van der Waals surface area contributed by atoms with Gasteiger partial charge in [-0.15, -0.1) is 0 Å². The molecule has 3 rings (SSSR count). The molecule has 2 aliphatic rings. The van der Waals surface area contributed by atoms with Crippen molar-refractivity contribution >= 4 is 17.7 Å². The molecular formula is C19H18N4O4. The standard InChI is InChI=1S/C19H18N4O4/c1-11(24)16-15(12-4-3-7-22-8-12)19(10-20,18(26)27-2)14-6-5-13(17(21)25)9-23(14)16/h3-9,14-16H,1-2H3,(H2,21,25)/t14-,15-,16+,19+/m1/s1. The highest BCUT2D eigenvalue weighted by molar-refractivity contribution is 5.96. The molecule has 1 saturated heterocycles. The quantitative estimate of drug-likeness (QED) is 0.766. The lowest BCUT2D eigenvalue weighted by molar-refractivity contribution is -0.150. The molecule has 8 heteroatoms. The highest BCUT2D eigenvalue weighted by Crippen LogP contribution is 2.53. The minimum atomic E-state index is -1.69. The summed E-state index contributed by atoms with van der Waals surface area (Å²) in [5, 5.41) is 10.1. The van der Waals surface area contributed by atoms with Gasteiger partial charge in [0.2, 0.25) is 5.91 Å². The van der Waals surface area contributed by atoms with E-state index in [-0.39, 0.29) is 11.4 Å². The molecule has 2 aliphatic heterocycles. The number of Topliss-reactive ketones (excluding diaryl/α,β-unsaturated/α-hetero) is 1. The van der Waals surface area contributed by atoms with E-state index in [0.717, 1.165) is 0 Å². The van der Waals surface area contributed by atoms with Crippen LogP contribution >= 0.6 is 0 Å². The van der Waals surface area contributed by atoms with Gasteiger partial charge >= 0.3 is 5.97 Å². The number of esters is 1. The number of nitriles is 1. The van der Waals surface area contributed by atoms with E-state index in [0.29, 0.717) is 5.56 Å². The summed E-state index contributed by atoms with van der Waals surface area (Å²) < 4.78 is 4.97. The van der Waals surface area contributed by atoms with Crippen LogP contribution in [0.2, 0.25) is 0 Å². The lowest BCUT2D eigenvalue weighted by Gasteiger charge is -2.32. The Morgan fingerprint density at radius 3 is 2.67 bits per heavy atom. The molecule has 138 valence electrons. The first-order valence-electron chi connectivity index (χ1n) is 8.25. The van der Waals surface area contributed by atoms with Crippen LogP contribution < -0.4 is 5.73 Å². The normalized spacial score (nSPS) is 28.7. The lowest BCUT2D eigenvalue weighted by Crippen LogP contribution is -2.45. The van der Waals surface area contributed by atoms with Crippen molar-refractivity contribution in [1.29, 1.82) is 5.26 Å². The van der Waals surface area contributed by atoms with Gasteiger partial charge in [-0.1, -0.05) is 12.1 Å². The van der Waals surface area contributed by atoms with Gasteiger partial charge in [-0.3, -0.25) is 19.4 Å². The second kappa shape index (κ2) is 6.68. The van der Waals surface area contributed by atoms with E-state index in [1.165, 1.54) is 32.5 Å². The minimum absolute atomic E-state index is 0.182. The molecule has 8 nitrogen and oxygen atoms in total. The van der Waals surface area contributed by atoms with Crippen LogP contribution in [-0.2, 0) is 19.1 Å². The first-order chi connectivity index (χ1) is 12.9. The van der Waals surface area contributed by atoms with Gasteiger partial charge in [0.25, 0.3) is 0 Å². The van der Waals surface area contributed by atoms with E-state index < -0.39 is 35.3 Å².